The van der Waals surface area contributed by atoms with Crippen LogP contribution in [0.1, 0.15) is 52.1 Å². The van der Waals surface area contributed by atoms with Gasteiger partial charge < -0.3 is 10.6 Å². The molecule has 1 saturated carbocycles. The van der Waals surface area contributed by atoms with Crippen LogP contribution in [0.2, 0.25) is 10.0 Å². The van der Waals surface area contributed by atoms with Crippen LogP contribution in [0.25, 0.3) is 10.8 Å². The third-order valence-electron chi connectivity index (χ3n) is 8.69. The van der Waals surface area contributed by atoms with Gasteiger partial charge in [0.25, 0.3) is 0 Å². The lowest BCUT2D eigenvalue weighted by atomic mass is 10.1. The number of benzene rings is 3. The lowest BCUT2D eigenvalue weighted by molar-refractivity contribution is -0.118. The molecule has 0 atom stereocenters. The molecule has 268 valence electrons. The number of halogens is 2. The van der Waals surface area contributed by atoms with Gasteiger partial charge in [-0.15, -0.1) is 0 Å². The average Bonchev–Trinajstić information content (AvgIpc) is 3.88. The summed E-state index contributed by atoms with van der Waals surface area (Å²) >= 11 is 11.6. The third-order valence-corrected chi connectivity index (χ3v) is 14.0. The molecule has 6 rings (SSSR count). The quantitative estimate of drug-likeness (QED) is 0.159. The number of rotatable bonds is 9. The molecule has 15 heteroatoms. The summed E-state index contributed by atoms with van der Waals surface area (Å²) in [5.41, 5.74) is 0.927. The molecule has 2 amide bonds. The Hall–Kier alpha value is -4.30. The van der Waals surface area contributed by atoms with Gasteiger partial charge in [0.05, 0.1) is 15.5 Å². The molecule has 1 fully saturated rings. The topological polar surface area (TPSA) is 157 Å². The van der Waals surface area contributed by atoms with Gasteiger partial charge in [-0.1, -0.05) is 47.5 Å². The van der Waals surface area contributed by atoms with Crippen molar-refractivity contribution in [2.45, 2.75) is 65.7 Å². The standard InChI is InChI=1S/C19H17ClN2O3S.C17H20ClN3O3S/c1-19(2,26(24,25)16-9-7-15(20)8-10-16)18(23)22-17-11-13-5-3-4-6-14(13)12-21-17;1-17(2,25(23,24)13-8-6-12(18)7-9-13)16(22)19-15-10-14(11-4-5-11)20-21(15)3/h3-12H,1-2H3,(H,21,22,23);6-11H,4-5H2,1-3H3,(H,19,22). The minimum absolute atomic E-state index is 0.0357. The van der Waals surface area contributed by atoms with E-state index in [1.54, 1.807) is 30.1 Å². The van der Waals surface area contributed by atoms with Crippen molar-refractivity contribution in [3.05, 3.63) is 107 Å². The van der Waals surface area contributed by atoms with E-state index in [1.807, 2.05) is 24.3 Å². The largest absolute Gasteiger partial charge is 0.310 e. The van der Waals surface area contributed by atoms with Gasteiger partial charge in [0.15, 0.2) is 19.7 Å². The van der Waals surface area contributed by atoms with Gasteiger partial charge in [0, 0.05) is 40.7 Å². The molecule has 2 N–H and O–H groups in total. The van der Waals surface area contributed by atoms with Crippen LogP contribution >= 0.6 is 23.2 Å². The molecule has 51 heavy (non-hydrogen) atoms. The lowest BCUT2D eigenvalue weighted by Gasteiger charge is -2.23. The zero-order valence-corrected chi connectivity index (χ0v) is 31.7. The van der Waals surface area contributed by atoms with Crippen molar-refractivity contribution in [2.24, 2.45) is 7.05 Å². The van der Waals surface area contributed by atoms with Gasteiger partial charge in [-0.25, -0.2) is 21.8 Å². The molecule has 0 saturated heterocycles. The molecule has 11 nitrogen and oxygen atoms in total. The Kier molecular flexibility index (Phi) is 10.7. The highest BCUT2D eigenvalue weighted by molar-refractivity contribution is 7.94. The van der Waals surface area contributed by atoms with Crippen molar-refractivity contribution >= 4 is 77.1 Å². The van der Waals surface area contributed by atoms with Crippen LogP contribution in [0, 0.1) is 0 Å². The van der Waals surface area contributed by atoms with Crippen LogP contribution in [0.4, 0.5) is 11.6 Å². The van der Waals surface area contributed by atoms with Crippen LogP contribution in [0.15, 0.2) is 101 Å². The minimum atomic E-state index is -3.92. The van der Waals surface area contributed by atoms with E-state index < -0.39 is 41.0 Å². The maximum Gasteiger partial charge on any atom is 0.246 e. The predicted octanol–water partition coefficient (Wildman–Crippen LogP) is 7.22. The number of fused-ring (bicyclic) bond motifs is 1. The highest BCUT2D eigenvalue weighted by atomic mass is 35.5. The van der Waals surface area contributed by atoms with E-state index in [2.05, 4.69) is 20.7 Å². The Balaban J connectivity index is 0.000000198. The van der Waals surface area contributed by atoms with Gasteiger partial charge in [-0.3, -0.25) is 14.3 Å². The normalized spacial score (nSPS) is 13.6. The van der Waals surface area contributed by atoms with Crippen LogP contribution in [-0.2, 0) is 36.3 Å². The van der Waals surface area contributed by atoms with Crippen molar-refractivity contribution in [3.8, 4) is 0 Å². The summed E-state index contributed by atoms with van der Waals surface area (Å²) in [6, 6.07) is 22.6. The van der Waals surface area contributed by atoms with E-state index in [-0.39, 0.29) is 9.79 Å². The van der Waals surface area contributed by atoms with Crippen molar-refractivity contribution in [1.29, 1.82) is 0 Å². The molecule has 5 aromatic rings. The van der Waals surface area contributed by atoms with Gasteiger partial charge in [0.2, 0.25) is 11.8 Å². The first kappa shape index (κ1) is 37.9. The lowest BCUT2D eigenvalue weighted by Crippen LogP contribution is -2.44. The molecule has 2 aromatic heterocycles. The molecule has 0 spiro atoms. The molecule has 0 bridgehead atoms. The van der Waals surface area contributed by atoms with E-state index in [0.717, 1.165) is 29.3 Å². The summed E-state index contributed by atoms with van der Waals surface area (Å²) < 4.78 is 49.8. The van der Waals surface area contributed by atoms with Crippen LogP contribution in [0.3, 0.4) is 0 Å². The minimum Gasteiger partial charge on any atom is -0.310 e. The maximum absolute atomic E-state index is 12.9. The first-order valence-corrected chi connectivity index (χ1v) is 19.6. The van der Waals surface area contributed by atoms with Crippen LogP contribution in [0.5, 0.6) is 0 Å². The van der Waals surface area contributed by atoms with Gasteiger partial charge in [0.1, 0.15) is 21.1 Å². The highest BCUT2D eigenvalue weighted by Gasteiger charge is 2.44. The predicted molar refractivity (Wildman–Crippen MR) is 200 cm³/mol. The summed E-state index contributed by atoms with van der Waals surface area (Å²) in [6.07, 6.45) is 3.83. The molecule has 0 unspecified atom stereocenters. The van der Waals surface area contributed by atoms with E-state index in [4.69, 9.17) is 23.2 Å². The van der Waals surface area contributed by atoms with Gasteiger partial charge >= 0.3 is 0 Å². The smallest absolute Gasteiger partial charge is 0.246 e. The van der Waals surface area contributed by atoms with Crippen molar-refractivity contribution in [1.82, 2.24) is 14.8 Å². The summed E-state index contributed by atoms with van der Waals surface area (Å²) in [5, 5.41) is 12.4. The SMILES string of the molecule is CC(C)(C(=O)Nc1cc2ccccc2cn1)S(=O)(=O)c1ccc(Cl)cc1.Cn1nc(C2CC2)cc1NC(=O)C(C)(C)S(=O)(=O)c1ccc(Cl)cc1. The van der Waals surface area contributed by atoms with Crippen molar-refractivity contribution in [3.63, 3.8) is 0 Å². The third kappa shape index (κ3) is 7.96. The van der Waals surface area contributed by atoms with Crippen molar-refractivity contribution < 1.29 is 26.4 Å². The Morgan fingerprint density at radius 1 is 0.725 bits per heavy atom. The Labute approximate surface area is 307 Å². The highest BCUT2D eigenvalue weighted by Crippen LogP contribution is 2.40. The maximum atomic E-state index is 12.9. The molecule has 0 radical (unpaired) electrons. The van der Waals surface area contributed by atoms with Crippen LogP contribution in [-0.4, -0.2) is 52.9 Å². The fraction of sp³-hybridized carbons (Fsp3) is 0.278. The molecule has 1 aliphatic carbocycles. The number of carbonyl (C=O) groups excluding carboxylic acids is 2. The first-order valence-electron chi connectivity index (χ1n) is 15.9. The molecular formula is C36H37Cl2N5O6S2. The number of sulfone groups is 2. The number of aromatic nitrogens is 3. The Morgan fingerprint density at radius 2 is 1.20 bits per heavy atom. The van der Waals surface area contributed by atoms with Crippen LogP contribution < -0.4 is 10.6 Å². The monoisotopic (exact) mass is 769 g/mol. The van der Waals surface area contributed by atoms with Gasteiger partial charge in [-0.2, -0.15) is 5.10 Å². The number of anilines is 2. The number of carbonyl (C=O) groups is 2. The molecule has 3 aromatic carbocycles. The Morgan fingerprint density at radius 3 is 1.69 bits per heavy atom. The molecular weight excluding hydrogens is 733 g/mol. The average molecular weight is 771 g/mol. The fourth-order valence-corrected chi connectivity index (χ4v) is 7.94. The molecule has 1 aliphatic rings. The summed E-state index contributed by atoms with van der Waals surface area (Å²) in [5.74, 6) is -0.0231. The number of pyridine rings is 1. The van der Waals surface area contributed by atoms with E-state index in [9.17, 15) is 26.4 Å². The second-order valence-corrected chi connectivity index (χ2v) is 19.0. The zero-order valence-electron chi connectivity index (χ0n) is 28.5. The number of amides is 2. The second kappa shape index (κ2) is 14.4. The van der Waals surface area contributed by atoms with E-state index >= 15 is 0 Å². The fourth-order valence-electron chi connectivity index (χ4n) is 4.93. The molecule has 0 aliphatic heterocycles. The van der Waals surface area contributed by atoms with Gasteiger partial charge in [-0.05, 0) is 101 Å². The Bertz CT molecular complexity index is 2320. The number of hydrogen-bond donors (Lipinski definition) is 2. The first-order chi connectivity index (χ1) is 23.8. The number of nitrogens with zero attached hydrogens (tertiary/aromatic N) is 3. The second-order valence-electron chi connectivity index (χ2n) is 13.1. The van der Waals surface area contributed by atoms with Crippen molar-refractivity contribution in [2.75, 3.05) is 10.6 Å². The number of aryl methyl sites for hydroxylation is 1. The number of nitrogens with one attached hydrogen (secondary N) is 2. The number of hydrogen-bond acceptors (Lipinski definition) is 8. The van der Waals surface area contributed by atoms with E-state index in [0.29, 0.717) is 27.6 Å². The zero-order chi connectivity index (χ0) is 37.4. The summed E-state index contributed by atoms with van der Waals surface area (Å²) in [7, 11) is -6.08. The summed E-state index contributed by atoms with van der Waals surface area (Å²) in [6.45, 7) is 5.52. The molecule has 2 heterocycles. The summed E-state index contributed by atoms with van der Waals surface area (Å²) in [4.78, 5) is 29.7. The van der Waals surface area contributed by atoms with E-state index in [1.165, 1.54) is 76.2 Å².